The van der Waals surface area contributed by atoms with E-state index in [1.807, 2.05) is 35.2 Å². The zero-order chi connectivity index (χ0) is 29.1. The maximum absolute atomic E-state index is 14.1. The van der Waals surface area contributed by atoms with Crippen LogP contribution in [0.2, 0.25) is 0 Å². The van der Waals surface area contributed by atoms with Crippen molar-refractivity contribution in [3.63, 3.8) is 0 Å². The summed E-state index contributed by atoms with van der Waals surface area (Å²) < 4.78 is 17.0. The minimum Gasteiger partial charge on any atom is -0.468 e. The first-order valence-electron chi connectivity index (χ1n) is 14.6. The van der Waals surface area contributed by atoms with Crippen LogP contribution in [-0.4, -0.2) is 91.5 Å². The van der Waals surface area contributed by atoms with Gasteiger partial charge < -0.3 is 34.2 Å². The van der Waals surface area contributed by atoms with E-state index in [0.717, 1.165) is 60.3 Å². The lowest BCUT2D eigenvalue weighted by atomic mass is 10.0. The first-order chi connectivity index (χ1) is 20.5. The maximum atomic E-state index is 14.1. The summed E-state index contributed by atoms with van der Waals surface area (Å²) in [5, 5.41) is 14.5. The number of amides is 1. The number of likely N-dealkylation sites (N-methyl/N-ethyl adjacent to an activating group) is 1. The standard InChI is InChI=1S/C31H37N7O4/c1-36-12-5-7-23(36)19-41-31-34-28-18-38(17-27(28)29(35-31)37-13-11-33-22(16-37)9-10-32)30(39)26-15-24(42-20-40-2)14-21-6-3-4-8-25(21)26/h3-4,6,8,14-15,22-23,33H,5,7,9,11-13,16-20H2,1-2H3/t22-,23-/m0/s1. The number of nitrogens with one attached hydrogen (secondary N) is 1. The Morgan fingerprint density at radius 2 is 2.05 bits per heavy atom. The van der Waals surface area contributed by atoms with Crippen LogP contribution in [0.15, 0.2) is 36.4 Å². The summed E-state index contributed by atoms with van der Waals surface area (Å²) in [6.07, 6.45) is 2.66. The normalized spacial score (nSPS) is 20.5. The molecule has 0 unspecified atom stereocenters. The summed E-state index contributed by atoms with van der Waals surface area (Å²) >= 11 is 0. The fourth-order valence-corrected chi connectivity index (χ4v) is 6.15. The number of fused-ring (bicyclic) bond motifs is 2. The molecule has 2 atom stereocenters. The average Bonchev–Trinajstić information content (AvgIpc) is 3.63. The number of nitrogens with zero attached hydrogens (tertiary/aromatic N) is 6. The lowest BCUT2D eigenvalue weighted by Crippen LogP contribution is -2.51. The van der Waals surface area contributed by atoms with E-state index >= 15 is 0 Å². The topological polar surface area (TPSA) is 116 Å². The highest BCUT2D eigenvalue weighted by molar-refractivity contribution is 6.07. The van der Waals surface area contributed by atoms with Crippen molar-refractivity contribution in [2.24, 2.45) is 0 Å². The molecule has 1 amide bonds. The van der Waals surface area contributed by atoms with E-state index in [-0.39, 0.29) is 18.7 Å². The summed E-state index contributed by atoms with van der Waals surface area (Å²) in [4.78, 5) is 30.1. The Morgan fingerprint density at radius 3 is 2.86 bits per heavy atom. The highest BCUT2D eigenvalue weighted by atomic mass is 16.7. The van der Waals surface area contributed by atoms with Gasteiger partial charge >= 0.3 is 6.01 Å². The van der Waals surface area contributed by atoms with Crippen molar-refractivity contribution in [1.82, 2.24) is 25.1 Å². The minimum atomic E-state index is -0.101. The number of methoxy groups -OCH3 is 1. The molecule has 3 aliphatic heterocycles. The van der Waals surface area contributed by atoms with E-state index in [1.54, 1.807) is 13.2 Å². The molecule has 2 aromatic carbocycles. The van der Waals surface area contributed by atoms with Crippen LogP contribution in [0, 0.1) is 11.3 Å². The van der Waals surface area contributed by atoms with Gasteiger partial charge in [-0.3, -0.25) is 4.79 Å². The highest BCUT2D eigenvalue weighted by Crippen LogP contribution is 2.34. The number of rotatable bonds is 9. The van der Waals surface area contributed by atoms with Crippen molar-refractivity contribution in [2.45, 2.75) is 44.4 Å². The Hall–Kier alpha value is -3.98. The lowest BCUT2D eigenvalue weighted by Gasteiger charge is -2.34. The molecule has 2 fully saturated rings. The molecule has 6 rings (SSSR count). The van der Waals surface area contributed by atoms with Crippen LogP contribution in [0.1, 0.15) is 40.9 Å². The van der Waals surface area contributed by atoms with Gasteiger partial charge in [0.1, 0.15) is 18.2 Å². The predicted molar refractivity (Wildman–Crippen MR) is 157 cm³/mol. The molecular weight excluding hydrogens is 534 g/mol. The summed E-state index contributed by atoms with van der Waals surface area (Å²) in [6, 6.07) is 14.5. The Morgan fingerprint density at radius 1 is 1.17 bits per heavy atom. The molecule has 1 N–H and O–H groups in total. The number of aromatic nitrogens is 2. The predicted octanol–water partition coefficient (Wildman–Crippen LogP) is 2.93. The van der Waals surface area contributed by atoms with Gasteiger partial charge in [-0.1, -0.05) is 24.3 Å². The van der Waals surface area contributed by atoms with Gasteiger partial charge in [0, 0.05) is 44.4 Å². The number of hydrogen-bond acceptors (Lipinski definition) is 10. The van der Waals surface area contributed by atoms with Crippen LogP contribution in [-0.2, 0) is 17.8 Å². The van der Waals surface area contributed by atoms with Gasteiger partial charge in [-0.2, -0.15) is 15.2 Å². The summed E-state index contributed by atoms with van der Waals surface area (Å²) in [5.74, 6) is 1.26. The highest BCUT2D eigenvalue weighted by Gasteiger charge is 2.34. The molecule has 11 nitrogen and oxygen atoms in total. The van der Waals surface area contributed by atoms with Crippen molar-refractivity contribution >= 4 is 22.5 Å². The Bertz CT molecular complexity index is 1490. The van der Waals surface area contributed by atoms with Crippen LogP contribution >= 0.6 is 0 Å². The first-order valence-corrected chi connectivity index (χ1v) is 14.6. The number of nitriles is 1. The molecule has 0 bridgehead atoms. The van der Waals surface area contributed by atoms with Gasteiger partial charge in [0.15, 0.2) is 6.79 Å². The maximum Gasteiger partial charge on any atom is 0.318 e. The smallest absolute Gasteiger partial charge is 0.318 e. The molecular formula is C31H37N7O4. The van der Waals surface area contributed by atoms with E-state index in [0.29, 0.717) is 56.0 Å². The Balaban J connectivity index is 1.31. The largest absolute Gasteiger partial charge is 0.468 e. The second-order valence-corrected chi connectivity index (χ2v) is 11.2. The number of carbonyl (C=O) groups is 1. The second-order valence-electron chi connectivity index (χ2n) is 11.2. The van der Waals surface area contributed by atoms with Crippen LogP contribution in [0.25, 0.3) is 10.8 Å². The molecule has 220 valence electrons. The average molecular weight is 572 g/mol. The van der Waals surface area contributed by atoms with Crippen molar-refractivity contribution in [3.05, 3.63) is 53.2 Å². The summed E-state index contributed by atoms with van der Waals surface area (Å²) in [5.41, 5.74) is 2.30. The van der Waals surface area contributed by atoms with Gasteiger partial charge in [-0.05, 0) is 49.3 Å². The molecule has 0 aliphatic carbocycles. The fraction of sp³-hybridized carbons (Fsp3) is 0.484. The van der Waals surface area contributed by atoms with E-state index in [4.69, 9.17) is 24.2 Å². The Kier molecular flexibility index (Phi) is 8.37. The molecule has 4 heterocycles. The SMILES string of the molecule is COCOc1cc(C(=O)N2Cc3nc(OC[C@@H]4CCCN4C)nc(N4CCN[C@@H](CC#N)C4)c3C2)c2ccccc2c1. The van der Waals surface area contributed by atoms with Gasteiger partial charge in [0.2, 0.25) is 0 Å². The molecule has 3 aliphatic rings. The third-order valence-corrected chi connectivity index (χ3v) is 8.41. The van der Waals surface area contributed by atoms with E-state index < -0.39 is 0 Å². The number of carbonyl (C=O) groups excluding carboxylic acids is 1. The van der Waals surface area contributed by atoms with E-state index in [1.165, 1.54) is 0 Å². The van der Waals surface area contributed by atoms with E-state index in [9.17, 15) is 10.1 Å². The molecule has 11 heteroatoms. The molecule has 0 spiro atoms. The van der Waals surface area contributed by atoms with Gasteiger partial charge in [-0.25, -0.2) is 0 Å². The molecule has 1 aromatic heterocycles. The zero-order valence-electron chi connectivity index (χ0n) is 24.2. The van der Waals surface area contributed by atoms with Gasteiger partial charge in [0.05, 0.1) is 36.8 Å². The van der Waals surface area contributed by atoms with Crippen molar-refractivity contribution in [3.8, 4) is 17.8 Å². The van der Waals surface area contributed by atoms with E-state index in [2.05, 4.69) is 28.2 Å². The zero-order valence-corrected chi connectivity index (χ0v) is 24.2. The molecule has 2 saturated heterocycles. The van der Waals surface area contributed by atoms with Crippen molar-refractivity contribution < 1.29 is 19.0 Å². The fourth-order valence-electron chi connectivity index (χ4n) is 6.15. The Labute approximate surface area is 246 Å². The lowest BCUT2D eigenvalue weighted by molar-refractivity contribution is 0.0510. The van der Waals surface area contributed by atoms with Crippen molar-refractivity contribution in [1.29, 1.82) is 5.26 Å². The number of anilines is 1. The molecule has 42 heavy (non-hydrogen) atoms. The third kappa shape index (κ3) is 5.83. The summed E-state index contributed by atoms with van der Waals surface area (Å²) in [7, 11) is 3.69. The second kappa shape index (κ2) is 12.5. The molecule has 0 saturated carbocycles. The molecule has 3 aromatic rings. The van der Waals surface area contributed by atoms with Gasteiger partial charge in [0.25, 0.3) is 5.91 Å². The van der Waals surface area contributed by atoms with Crippen LogP contribution < -0.4 is 19.7 Å². The third-order valence-electron chi connectivity index (χ3n) is 8.41. The monoisotopic (exact) mass is 571 g/mol. The van der Waals surface area contributed by atoms with Crippen molar-refractivity contribution in [2.75, 3.05) is 58.6 Å². The quantitative estimate of drug-likeness (QED) is 0.384. The number of hydrogen-bond donors (Lipinski definition) is 1. The van der Waals surface area contributed by atoms with Gasteiger partial charge in [-0.15, -0.1) is 0 Å². The molecule has 0 radical (unpaired) electrons. The first kappa shape index (κ1) is 28.2. The summed E-state index contributed by atoms with van der Waals surface area (Å²) in [6.45, 7) is 4.57. The number of ether oxygens (including phenoxy) is 3. The number of likely N-dealkylation sites (tertiary alicyclic amines) is 1. The number of piperazine rings is 1. The van der Waals surface area contributed by atoms with Crippen LogP contribution in [0.3, 0.4) is 0 Å². The van der Waals surface area contributed by atoms with Crippen LogP contribution in [0.4, 0.5) is 5.82 Å². The minimum absolute atomic E-state index is 0.0474. The van der Waals surface area contributed by atoms with Crippen LogP contribution in [0.5, 0.6) is 11.8 Å². The number of benzene rings is 2.